The van der Waals surface area contributed by atoms with Crippen molar-refractivity contribution in [2.45, 2.75) is 25.4 Å². The maximum Gasteiger partial charge on any atom is 0.237 e. The van der Waals surface area contributed by atoms with E-state index in [2.05, 4.69) is 41.4 Å². The molecular formula is C16H27N3OS. The molecule has 2 atom stereocenters. The van der Waals surface area contributed by atoms with Crippen LogP contribution in [0.3, 0.4) is 0 Å². The lowest BCUT2D eigenvalue weighted by molar-refractivity contribution is -0.122. The predicted octanol–water partition coefficient (Wildman–Crippen LogP) is 1.79. The Morgan fingerprint density at radius 3 is 2.48 bits per heavy atom. The predicted molar refractivity (Wildman–Crippen MR) is 91.6 cm³/mol. The van der Waals surface area contributed by atoms with Crippen LogP contribution < -0.4 is 11.1 Å². The summed E-state index contributed by atoms with van der Waals surface area (Å²) in [6.45, 7) is 2.64. The highest BCUT2D eigenvalue weighted by Gasteiger charge is 2.18. The fourth-order valence-electron chi connectivity index (χ4n) is 2.09. The van der Waals surface area contributed by atoms with Crippen LogP contribution in [0.4, 0.5) is 0 Å². The van der Waals surface area contributed by atoms with Gasteiger partial charge in [-0.25, -0.2) is 0 Å². The molecule has 0 heterocycles. The van der Waals surface area contributed by atoms with E-state index in [1.807, 2.05) is 20.4 Å². The molecule has 0 aromatic heterocycles. The fraction of sp³-hybridized carbons (Fsp3) is 0.562. The van der Waals surface area contributed by atoms with Crippen LogP contribution in [-0.2, 0) is 4.79 Å². The molecule has 118 valence electrons. The third-order valence-electron chi connectivity index (χ3n) is 3.52. The molecule has 0 aliphatic heterocycles. The van der Waals surface area contributed by atoms with E-state index in [1.165, 1.54) is 11.1 Å². The second-order valence-corrected chi connectivity index (χ2v) is 6.51. The first-order chi connectivity index (χ1) is 9.95. The Balaban J connectivity index is 2.59. The van der Waals surface area contributed by atoms with Gasteiger partial charge in [0, 0.05) is 6.54 Å². The molecule has 1 amide bonds. The van der Waals surface area contributed by atoms with Gasteiger partial charge in [-0.15, -0.1) is 0 Å². The Labute approximate surface area is 132 Å². The molecule has 0 aliphatic carbocycles. The molecule has 0 spiro atoms. The van der Waals surface area contributed by atoms with Gasteiger partial charge in [0.1, 0.15) is 0 Å². The quantitative estimate of drug-likeness (QED) is 0.769. The lowest BCUT2D eigenvalue weighted by Gasteiger charge is -2.26. The van der Waals surface area contributed by atoms with E-state index in [0.29, 0.717) is 13.0 Å². The Bertz CT molecular complexity index is 434. The van der Waals surface area contributed by atoms with Crippen molar-refractivity contribution in [2.24, 2.45) is 5.73 Å². The number of nitrogens with two attached hydrogens (primary N) is 1. The molecule has 3 N–H and O–H groups in total. The van der Waals surface area contributed by atoms with Crippen molar-refractivity contribution < 1.29 is 4.79 Å². The Morgan fingerprint density at radius 1 is 1.33 bits per heavy atom. The van der Waals surface area contributed by atoms with Crippen molar-refractivity contribution >= 4 is 17.7 Å². The first kappa shape index (κ1) is 18.0. The molecule has 0 saturated carbocycles. The topological polar surface area (TPSA) is 58.4 Å². The second-order valence-electron chi connectivity index (χ2n) is 5.52. The number of hydrogen-bond donors (Lipinski definition) is 2. The summed E-state index contributed by atoms with van der Waals surface area (Å²) in [6, 6.07) is 8.15. The van der Waals surface area contributed by atoms with Crippen molar-refractivity contribution in [2.75, 3.05) is 32.6 Å². The van der Waals surface area contributed by atoms with Crippen molar-refractivity contribution in [3.05, 3.63) is 35.4 Å². The van der Waals surface area contributed by atoms with Crippen LogP contribution in [0.25, 0.3) is 0 Å². The third kappa shape index (κ3) is 6.08. The number of aryl methyl sites for hydroxylation is 1. The van der Waals surface area contributed by atoms with Gasteiger partial charge >= 0.3 is 0 Å². The van der Waals surface area contributed by atoms with Gasteiger partial charge < -0.3 is 16.0 Å². The lowest BCUT2D eigenvalue weighted by Crippen LogP contribution is -2.44. The van der Waals surface area contributed by atoms with E-state index < -0.39 is 6.04 Å². The molecule has 1 aromatic carbocycles. The van der Waals surface area contributed by atoms with Gasteiger partial charge in [-0.05, 0) is 45.0 Å². The monoisotopic (exact) mass is 309 g/mol. The molecular weight excluding hydrogens is 282 g/mol. The summed E-state index contributed by atoms with van der Waals surface area (Å²) in [4.78, 5) is 14.1. The number of carbonyl (C=O) groups is 1. The highest BCUT2D eigenvalue weighted by atomic mass is 32.2. The molecule has 1 aromatic rings. The summed E-state index contributed by atoms with van der Waals surface area (Å²) < 4.78 is 0. The first-order valence-electron chi connectivity index (χ1n) is 7.21. The van der Waals surface area contributed by atoms with Gasteiger partial charge in [0.25, 0.3) is 0 Å². The number of amides is 1. The number of hydrogen-bond acceptors (Lipinski definition) is 4. The van der Waals surface area contributed by atoms with Crippen LogP contribution in [0.15, 0.2) is 24.3 Å². The van der Waals surface area contributed by atoms with Crippen molar-refractivity contribution in [1.82, 2.24) is 10.2 Å². The van der Waals surface area contributed by atoms with E-state index in [9.17, 15) is 4.79 Å². The molecule has 0 bridgehead atoms. The van der Waals surface area contributed by atoms with E-state index >= 15 is 0 Å². The average Bonchev–Trinajstić information content (AvgIpc) is 2.46. The Hall–Kier alpha value is -1.04. The normalized spacial score (nSPS) is 14.0. The van der Waals surface area contributed by atoms with Gasteiger partial charge in [-0.3, -0.25) is 4.79 Å². The van der Waals surface area contributed by atoms with Crippen LogP contribution >= 0.6 is 11.8 Å². The summed E-state index contributed by atoms with van der Waals surface area (Å²) >= 11 is 1.71. The number of thioether (sulfide) groups is 1. The molecule has 0 radical (unpaired) electrons. The highest BCUT2D eigenvalue weighted by Crippen LogP contribution is 2.17. The zero-order valence-electron chi connectivity index (χ0n) is 13.4. The third-order valence-corrected chi connectivity index (χ3v) is 4.17. The lowest BCUT2D eigenvalue weighted by atomic mass is 10.0. The molecule has 5 heteroatoms. The minimum Gasteiger partial charge on any atom is -0.353 e. The average molecular weight is 309 g/mol. The summed E-state index contributed by atoms with van der Waals surface area (Å²) in [5, 5.41) is 2.97. The summed E-state index contributed by atoms with van der Waals surface area (Å²) in [7, 11) is 4.04. The Kier molecular flexibility index (Phi) is 7.78. The molecule has 0 fully saturated rings. The second kappa shape index (κ2) is 9.07. The minimum absolute atomic E-state index is 0.0667. The molecule has 1 rings (SSSR count). The zero-order valence-corrected chi connectivity index (χ0v) is 14.2. The number of nitrogens with zero attached hydrogens (tertiary/aromatic N) is 1. The van der Waals surface area contributed by atoms with E-state index in [-0.39, 0.29) is 11.9 Å². The fourth-order valence-corrected chi connectivity index (χ4v) is 2.58. The molecule has 21 heavy (non-hydrogen) atoms. The summed E-state index contributed by atoms with van der Waals surface area (Å²) in [5.74, 6) is 0.840. The van der Waals surface area contributed by atoms with Gasteiger partial charge in [0.15, 0.2) is 0 Å². The van der Waals surface area contributed by atoms with Crippen LogP contribution in [0.5, 0.6) is 0 Å². The van der Waals surface area contributed by atoms with E-state index in [1.54, 1.807) is 11.8 Å². The minimum atomic E-state index is -0.418. The number of benzene rings is 1. The zero-order chi connectivity index (χ0) is 15.8. The van der Waals surface area contributed by atoms with Gasteiger partial charge in [-0.2, -0.15) is 11.8 Å². The molecule has 0 aliphatic rings. The van der Waals surface area contributed by atoms with Crippen molar-refractivity contribution in [3.63, 3.8) is 0 Å². The first-order valence-corrected chi connectivity index (χ1v) is 8.60. The number of carbonyl (C=O) groups excluding carboxylic acids is 1. The molecule has 0 saturated heterocycles. The van der Waals surface area contributed by atoms with Crippen LogP contribution in [0.1, 0.15) is 23.6 Å². The van der Waals surface area contributed by atoms with E-state index in [0.717, 1.165) is 5.75 Å². The maximum absolute atomic E-state index is 12.0. The van der Waals surface area contributed by atoms with Gasteiger partial charge in [0.05, 0.1) is 12.1 Å². The Morgan fingerprint density at radius 2 is 1.95 bits per heavy atom. The number of likely N-dealkylation sites (N-methyl/N-ethyl adjacent to an activating group) is 1. The van der Waals surface area contributed by atoms with Gasteiger partial charge in [-0.1, -0.05) is 29.8 Å². The summed E-state index contributed by atoms with van der Waals surface area (Å²) in [6.07, 6.45) is 2.73. The van der Waals surface area contributed by atoms with E-state index in [4.69, 9.17) is 5.73 Å². The SMILES string of the molecule is CSCC[C@H](N)C(=O)NCC(c1ccc(C)cc1)N(C)C. The van der Waals surface area contributed by atoms with Crippen LogP contribution in [0.2, 0.25) is 0 Å². The van der Waals surface area contributed by atoms with Crippen LogP contribution in [-0.4, -0.2) is 49.5 Å². The molecule has 1 unspecified atom stereocenters. The number of rotatable bonds is 8. The van der Waals surface area contributed by atoms with Crippen LogP contribution in [0, 0.1) is 6.92 Å². The largest absolute Gasteiger partial charge is 0.353 e. The van der Waals surface area contributed by atoms with Crippen molar-refractivity contribution in [3.8, 4) is 0 Å². The molecule has 4 nitrogen and oxygen atoms in total. The standard InChI is InChI=1S/C16H27N3OS/c1-12-5-7-13(8-6-12)15(19(2)3)11-18-16(20)14(17)9-10-21-4/h5-8,14-15H,9-11,17H2,1-4H3,(H,18,20)/t14-,15?/m0/s1. The maximum atomic E-state index is 12.0. The number of nitrogens with one attached hydrogen (secondary N) is 1. The highest BCUT2D eigenvalue weighted by molar-refractivity contribution is 7.98. The summed E-state index contributed by atoms with van der Waals surface area (Å²) in [5.41, 5.74) is 8.32. The smallest absolute Gasteiger partial charge is 0.237 e. The van der Waals surface area contributed by atoms with Crippen molar-refractivity contribution in [1.29, 1.82) is 0 Å². The van der Waals surface area contributed by atoms with Gasteiger partial charge in [0.2, 0.25) is 5.91 Å².